The van der Waals surface area contributed by atoms with Gasteiger partial charge >= 0.3 is 0 Å². The molecule has 2 aliphatic rings. The fourth-order valence-corrected chi connectivity index (χ4v) is 5.84. The second-order valence-electron chi connectivity index (χ2n) is 9.38. The first-order valence-corrected chi connectivity index (χ1v) is 10.3. The second-order valence-corrected chi connectivity index (χ2v) is 9.38. The number of alkyl halides is 1. The molecule has 26 heavy (non-hydrogen) atoms. The molecule has 0 aromatic carbocycles. The first-order chi connectivity index (χ1) is 12.2. The van der Waals surface area contributed by atoms with Crippen LogP contribution in [0.1, 0.15) is 72.6 Å². The Hall–Kier alpha value is -0.450. The van der Waals surface area contributed by atoms with Gasteiger partial charge in [-0.3, -0.25) is 0 Å². The zero-order valence-corrected chi connectivity index (χ0v) is 17.4. The molecule has 0 bridgehead atoms. The van der Waals surface area contributed by atoms with Crippen molar-refractivity contribution in [2.24, 2.45) is 23.2 Å². The summed E-state index contributed by atoms with van der Waals surface area (Å²) in [7, 11) is 1.59. The molecule has 4 heteroatoms. The van der Waals surface area contributed by atoms with Gasteiger partial charge in [0.15, 0.2) is 0 Å². The summed E-state index contributed by atoms with van der Waals surface area (Å²) in [5.41, 5.74) is 1.21. The van der Waals surface area contributed by atoms with Gasteiger partial charge in [-0.1, -0.05) is 25.5 Å². The van der Waals surface area contributed by atoms with Crippen LogP contribution in [0.3, 0.4) is 0 Å². The maximum Gasteiger partial charge on any atom is 0.147 e. The number of fused-ring (bicyclic) bond motifs is 1. The van der Waals surface area contributed by atoms with Crippen LogP contribution < -0.4 is 0 Å². The van der Waals surface area contributed by atoms with Gasteiger partial charge in [-0.05, 0) is 75.5 Å². The highest BCUT2D eigenvalue weighted by Gasteiger charge is 2.50. The van der Waals surface area contributed by atoms with E-state index in [1.807, 2.05) is 19.9 Å². The molecule has 0 aromatic rings. The summed E-state index contributed by atoms with van der Waals surface area (Å²) in [6.07, 6.45) is 8.11. The lowest BCUT2D eigenvalue weighted by molar-refractivity contribution is -0.124. The maximum atomic E-state index is 14.8. The van der Waals surface area contributed by atoms with Crippen LogP contribution in [0.2, 0.25) is 0 Å². The largest absolute Gasteiger partial charge is 0.392 e. The van der Waals surface area contributed by atoms with E-state index in [9.17, 15) is 9.50 Å². The highest BCUT2D eigenvalue weighted by atomic mass is 19.1. The van der Waals surface area contributed by atoms with Gasteiger partial charge in [-0.2, -0.15) is 0 Å². The summed E-state index contributed by atoms with van der Waals surface area (Å²) in [5, 5.41) is 9.34. The molecule has 0 spiro atoms. The zero-order chi connectivity index (χ0) is 19.4. The Balaban J connectivity index is 1.97. The van der Waals surface area contributed by atoms with Crippen LogP contribution in [-0.2, 0) is 9.47 Å². The molecule has 0 aliphatic heterocycles. The Morgan fingerprint density at radius 2 is 2.12 bits per heavy atom. The van der Waals surface area contributed by atoms with E-state index in [0.717, 1.165) is 6.42 Å². The maximum absolute atomic E-state index is 14.8. The molecule has 2 rings (SSSR count). The van der Waals surface area contributed by atoms with Gasteiger partial charge in [-0.25, -0.2) is 4.39 Å². The standard InChI is InChI=1S/C22H39FO3/c1-16(13-18(23)14-21(2,3)26-15-25-5)19-8-9-20-17(10-12-24)7-6-11-22(19,20)4/h10,16,18-20,24H,6-9,11-15H2,1-5H3/t16-,18-,19-,20+,22-/m1/s1. The highest BCUT2D eigenvalue weighted by Crippen LogP contribution is 2.59. The Labute approximate surface area is 159 Å². The van der Waals surface area contributed by atoms with Gasteiger partial charge in [0.25, 0.3) is 0 Å². The van der Waals surface area contributed by atoms with Crippen LogP contribution in [0.15, 0.2) is 11.6 Å². The number of aliphatic hydroxyl groups excluding tert-OH is 1. The van der Waals surface area contributed by atoms with Gasteiger partial charge in [0, 0.05) is 13.5 Å². The number of halogens is 1. The SMILES string of the molecule is COCOC(C)(C)C[C@H](F)C[C@@H](C)[C@H]1CC[C@H]2C(=CCO)CCC[C@]12C. The van der Waals surface area contributed by atoms with Crippen molar-refractivity contribution in [3.63, 3.8) is 0 Å². The molecule has 5 atom stereocenters. The van der Waals surface area contributed by atoms with Crippen LogP contribution in [0.25, 0.3) is 0 Å². The minimum absolute atomic E-state index is 0.144. The normalized spacial score (nSPS) is 33.3. The van der Waals surface area contributed by atoms with Crippen molar-refractivity contribution in [1.82, 2.24) is 0 Å². The summed E-state index contributed by atoms with van der Waals surface area (Å²) in [4.78, 5) is 0. The fraction of sp³-hybridized carbons (Fsp3) is 0.909. The summed E-state index contributed by atoms with van der Waals surface area (Å²) >= 11 is 0. The lowest BCUT2D eigenvalue weighted by Gasteiger charge is -2.44. The highest BCUT2D eigenvalue weighted by molar-refractivity contribution is 5.18. The van der Waals surface area contributed by atoms with Gasteiger partial charge in [-0.15, -0.1) is 0 Å². The van der Waals surface area contributed by atoms with Crippen LogP contribution in [-0.4, -0.2) is 37.4 Å². The van der Waals surface area contributed by atoms with Crippen LogP contribution in [0, 0.1) is 23.2 Å². The Bertz CT molecular complexity index is 476. The number of rotatable bonds is 9. The summed E-state index contributed by atoms with van der Waals surface area (Å²) in [6, 6.07) is 0. The Kier molecular flexibility index (Phi) is 7.70. The molecule has 3 nitrogen and oxygen atoms in total. The average molecular weight is 371 g/mol. The number of methoxy groups -OCH3 is 1. The van der Waals surface area contributed by atoms with E-state index in [4.69, 9.17) is 9.47 Å². The minimum Gasteiger partial charge on any atom is -0.392 e. The molecular weight excluding hydrogens is 331 g/mol. The third-order valence-electron chi connectivity index (χ3n) is 6.99. The number of allylic oxidation sites excluding steroid dienone is 1. The molecule has 152 valence electrons. The van der Waals surface area contributed by atoms with Crippen molar-refractivity contribution >= 4 is 0 Å². The van der Waals surface area contributed by atoms with E-state index in [1.54, 1.807) is 7.11 Å². The van der Waals surface area contributed by atoms with E-state index in [0.29, 0.717) is 30.6 Å². The fourth-order valence-electron chi connectivity index (χ4n) is 5.84. The van der Waals surface area contributed by atoms with Crippen LogP contribution >= 0.6 is 0 Å². The monoisotopic (exact) mass is 370 g/mol. The van der Waals surface area contributed by atoms with Gasteiger partial charge < -0.3 is 14.6 Å². The van der Waals surface area contributed by atoms with E-state index < -0.39 is 11.8 Å². The van der Waals surface area contributed by atoms with Crippen LogP contribution in [0.4, 0.5) is 4.39 Å². The first-order valence-electron chi connectivity index (χ1n) is 10.3. The summed E-state index contributed by atoms with van der Waals surface area (Å²) in [6.45, 7) is 8.86. The van der Waals surface area contributed by atoms with E-state index >= 15 is 0 Å². The summed E-state index contributed by atoms with van der Waals surface area (Å²) < 4.78 is 25.4. The topological polar surface area (TPSA) is 38.7 Å². The first kappa shape index (κ1) is 21.8. The third kappa shape index (κ3) is 5.08. The number of ether oxygens (including phenoxy) is 2. The molecule has 0 unspecified atom stereocenters. The lowest BCUT2D eigenvalue weighted by atomic mass is 9.60. The van der Waals surface area contributed by atoms with Gasteiger partial charge in [0.1, 0.15) is 13.0 Å². The average Bonchev–Trinajstić information content (AvgIpc) is 2.90. The number of hydrogen-bond acceptors (Lipinski definition) is 3. The van der Waals surface area contributed by atoms with E-state index in [-0.39, 0.29) is 18.8 Å². The Morgan fingerprint density at radius 1 is 1.38 bits per heavy atom. The predicted octanol–water partition coefficient (Wildman–Crippen LogP) is 5.28. The molecule has 1 N–H and O–H groups in total. The zero-order valence-electron chi connectivity index (χ0n) is 17.4. The molecule has 2 aliphatic carbocycles. The number of aliphatic hydroxyl groups is 1. The molecule has 0 heterocycles. The minimum atomic E-state index is -0.851. The molecule has 0 aromatic heterocycles. The third-order valence-corrected chi connectivity index (χ3v) is 6.99. The van der Waals surface area contributed by atoms with Crippen molar-refractivity contribution < 1.29 is 19.0 Å². The second kappa shape index (κ2) is 9.16. The molecular formula is C22H39FO3. The van der Waals surface area contributed by atoms with Crippen molar-refractivity contribution in [2.45, 2.75) is 84.4 Å². The van der Waals surface area contributed by atoms with Crippen molar-refractivity contribution in [1.29, 1.82) is 0 Å². The lowest BCUT2D eigenvalue weighted by Crippen LogP contribution is -2.37. The van der Waals surface area contributed by atoms with Crippen LogP contribution in [0.5, 0.6) is 0 Å². The van der Waals surface area contributed by atoms with Crippen molar-refractivity contribution in [3.8, 4) is 0 Å². The van der Waals surface area contributed by atoms with Crippen molar-refractivity contribution in [2.75, 3.05) is 20.5 Å². The van der Waals surface area contributed by atoms with Crippen molar-refractivity contribution in [3.05, 3.63) is 11.6 Å². The predicted molar refractivity (Wildman–Crippen MR) is 104 cm³/mol. The quantitative estimate of drug-likeness (QED) is 0.443. The molecule has 2 fully saturated rings. The molecule has 0 saturated heterocycles. The summed E-state index contributed by atoms with van der Waals surface area (Å²) in [5.74, 6) is 1.51. The molecule has 2 saturated carbocycles. The van der Waals surface area contributed by atoms with Gasteiger partial charge in [0.2, 0.25) is 0 Å². The number of hydrogen-bond donors (Lipinski definition) is 1. The molecule has 0 amide bonds. The van der Waals surface area contributed by atoms with E-state index in [1.165, 1.54) is 31.3 Å². The van der Waals surface area contributed by atoms with E-state index in [2.05, 4.69) is 13.8 Å². The molecule has 0 radical (unpaired) electrons. The van der Waals surface area contributed by atoms with Gasteiger partial charge in [0.05, 0.1) is 12.2 Å². The Morgan fingerprint density at radius 3 is 2.77 bits per heavy atom. The smallest absolute Gasteiger partial charge is 0.147 e.